The summed E-state index contributed by atoms with van der Waals surface area (Å²) in [5, 5.41) is 4.96. The molecule has 3 aromatic rings. The summed E-state index contributed by atoms with van der Waals surface area (Å²) >= 11 is 6.17. The van der Waals surface area contributed by atoms with E-state index in [0.29, 0.717) is 10.6 Å². The van der Waals surface area contributed by atoms with Crippen molar-refractivity contribution < 1.29 is 18.7 Å². The van der Waals surface area contributed by atoms with Crippen molar-refractivity contribution in [2.45, 2.75) is 26.9 Å². The summed E-state index contributed by atoms with van der Waals surface area (Å²) < 4.78 is 19.9. The lowest BCUT2D eigenvalue weighted by atomic mass is 10.1. The molecule has 0 aliphatic rings. The first kappa shape index (κ1) is 19.8. The van der Waals surface area contributed by atoms with Crippen molar-refractivity contribution in [3.63, 3.8) is 0 Å². The van der Waals surface area contributed by atoms with Crippen LogP contribution in [-0.4, -0.2) is 27.6 Å². The summed E-state index contributed by atoms with van der Waals surface area (Å²) in [6, 6.07) is 11.7. The highest BCUT2D eigenvalue weighted by Crippen LogP contribution is 2.22. The lowest BCUT2D eigenvalue weighted by Gasteiger charge is -2.13. The maximum atomic E-state index is 13.0. The number of esters is 1. The molecule has 0 saturated carbocycles. The average molecular weight is 401 g/mol. The van der Waals surface area contributed by atoms with E-state index in [2.05, 4.69) is 5.10 Å². The van der Waals surface area contributed by atoms with Gasteiger partial charge in [-0.15, -0.1) is 0 Å². The number of hydrogen-bond acceptors (Lipinski definition) is 4. The van der Waals surface area contributed by atoms with E-state index in [1.807, 2.05) is 13.8 Å². The molecule has 0 radical (unpaired) electrons. The number of aryl methyl sites for hydroxylation is 1. The Morgan fingerprint density at radius 3 is 2.14 bits per heavy atom. The van der Waals surface area contributed by atoms with Crippen LogP contribution >= 0.6 is 11.6 Å². The minimum atomic E-state index is -0.993. The maximum Gasteiger partial charge on any atom is 0.338 e. The van der Waals surface area contributed by atoms with Crippen molar-refractivity contribution in [3.05, 3.63) is 81.9 Å². The zero-order valence-corrected chi connectivity index (χ0v) is 16.3. The highest BCUT2D eigenvalue weighted by Gasteiger charge is 2.20. The number of ether oxygens (including phenoxy) is 1. The van der Waals surface area contributed by atoms with Crippen LogP contribution < -0.4 is 0 Å². The molecule has 0 spiro atoms. The van der Waals surface area contributed by atoms with E-state index >= 15 is 0 Å². The standard InChI is InChI=1S/C21H18ClFN2O3/c1-12-19(22)13(2)25(24-12)18-10-6-16(7-11-18)21(27)28-14(3)20(26)15-4-8-17(23)9-5-15/h4-11,14H,1-3H3. The van der Waals surface area contributed by atoms with Crippen LogP contribution in [0, 0.1) is 19.7 Å². The molecule has 1 aromatic heterocycles. The van der Waals surface area contributed by atoms with Crippen LogP contribution in [0.2, 0.25) is 5.02 Å². The Hall–Kier alpha value is -2.99. The fourth-order valence-electron chi connectivity index (χ4n) is 2.74. The zero-order chi connectivity index (χ0) is 20.4. The molecule has 2 aromatic carbocycles. The van der Waals surface area contributed by atoms with Gasteiger partial charge in [-0.1, -0.05) is 11.6 Å². The average Bonchev–Trinajstić information content (AvgIpc) is 2.95. The van der Waals surface area contributed by atoms with Gasteiger partial charge >= 0.3 is 5.97 Å². The Morgan fingerprint density at radius 2 is 1.61 bits per heavy atom. The first-order valence-electron chi connectivity index (χ1n) is 8.61. The van der Waals surface area contributed by atoms with Crippen molar-refractivity contribution >= 4 is 23.4 Å². The first-order valence-corrected chi connectivity index (χ1v) is 8.98. The Bertz CT molecular complexity index is 1030. The molecule has 0 fully saturated rings. The van der Waals surface area contributed by atoms with E-state index in [1.54, 1.807) is 28.9 Å². The van der Waals surface area contributed by atoms with E-state index in [4.69, 9.17) is 16.3 Å². The Kier molecular flexibility index (Phi) is 5.61. The smallest absolute Gasteiger partial charge is 0.338 e. The molecule has 0 saturated heterocycles. The van der Waals surface area contributed by atoms with E-state index in [0.717, 1.165) is 17.1 Å². The van der Waals surface area contributed by atoms with Gasteiger partial charge < -0.3 is 4.74 Å². The van der Waals surface area contributed by atoms with Crippen LogP contribution in [0.15, 0.2) is 48.5 Å². The second kappa shape index (κ2) is 7.94. The molecule has 1 unspecified atom stereocenters. The molecule has 0 bridgehead atoms. The number of halogens is 2. The number of rotatable bonds is 5. The summed E-state index contributed by atoms with van der Waals surface area (Å²) in [5.41, 5.74) is 2.84. The van der Waals surface area contributed by atoms with Gasteiger partial charge in [0.25, 0.3) is 0 Å². The molecular weight excluding hydrogens is 383 g/mol. The predicted molar refractivity (Wildman–Crippen MR) is 104 cm³/mol. The molecule has 28 heavy (non-hydrogen) atoms. The van der Waals surface area contributed by atoms with E-state index < -0.39 is 23.7 Å². The van der Waals surface area contributed by atoms with Crippen molar-refractivity contribution in [3.8, 4) is 5.69 Å². The van der Waals surface area contributed by atoms with Gasteiger partial charge in [-0.05, 0) is 69.3 Å². The monoisotopic (exact) mass is 400 g/mol. The SMILES string of the molecule is Cc1nn(-c2ccc(C(=O)OC(C)C(=O)c3ccc(F)cc3)cc2)c(C)c1Cl. The number of aromatic nitrogens is 2. The number of nitrogens with zero attached hydrogens (tertiary/aromatic N) is 2. The summed E-state index contributed by atoms with van der Waals surface area (Å²) in [5.74, 6) is -1.46. The first-order chi connectivity index (χ1) is 13.3. The van der Waals surface area contributed by atoms with Gasteiger partial charge in [0, 0.05) is 5.56 Å². The molecule has 0 aliphatic carbocycles. The third-order valence-electron chi connectivity index (χ3n) is 4.33. The minimum absolute atomic E-state index is 0.276. The fraction of sp³-hybridized carbons (Fsp3) is 0.190. The minimum Gasteiger partial charge on any atom is -0.451 e. The van der Waals surface area contributed by atoms with Crippen LogP contribution in [0.3, 0.4) is 0 Å². The number of Topliss-reactive ketones (excluding diaryl/α,β-unsaturated/α-hetero) is 1. The van der Waals surface area contributed by atoms with Gasteiger partial charge in [0.15, 0.2) is 6.10 Å². The molecule has 0 amide bonds. The van der Waals surface area contributed by atoms with Crippen molar-refractivity contribution in [2.75, 3.05) is 0 Å². The Balaban J connectivity index is 1.71. The third-order valence-corrected chi connectivity index (χ3v) is 4.88. The van der Waals surface area contributed by atoms with Gasteiger partial charge in [0.2, 0.25) is 5.78 Å². The fourth-order valence-corrected chi connectivity index (χ4v) is 2.86. The molecule has 3 rings (SSSR count). The Morgan fingerprint density at radius 1 is 1.04 bits per heavy atom. The van der Waals surface area contributed by atoms with Gasteiger partial charge in [-0.2, -0.15) is 5.10 Å². The normalized spacial score (nSPS) is 11.9. The predicted octanol–water partition coefficient (Wildman–Crippen LogP) is 4.71. The summed E-state index contributed by atoms with van der Waals surface area (Å²) in [6.07, 6.45) is -0.993. The molecule has 144 valence electrons. The highest BCUT2D eigenvalue weighted by molar-refractivity contribution is 6.31. The highest BCUT2D eigenvalue weighted by atomic mass is 35.5. The van der Waals surface area contributed by atoms with Gasteiger partial charge in [0.05, 0.1) is 27.7 Å². The van der Waals surface area contributed by atoms with Crippen LogP contribution in [0.4, 0.5) is 4.39 Å². The van der Waals surface area contributed by atoms with Crippen LogP contribution in [-0.2, 0) is 4.74 Å². The van der Waals surface area contributed by atoms with Crippen LogP contribution in [0.5, 0.6) is 0 Å². The number of carbonyl (C=O) groups excluding carboxylic acids is 2. The van der Waals surface area contributed by atoms with Crippen molar-refractivity contribution in [1.82, 2.24) is 9.78 Å². The second-order valence-electron chi connectivity index (χ2n) is 6.36. The van der Waals surface area contributed by atoms with Crippen LogP contribution in [0.25, 0.3) is 5.69 Å². The van der Waals surface area contributed by atoms with Crippen molar-refractivity contribution in [2.24, 2.45) is 0 Å². The molecular formula is C21H18ClFN2O3. The number of ketones is 1. The zero-order valence-electron chi connectivity index (χ0n) is 15.6. The largest absolute Gasteiger partial charge is 0.451 e. The second-order valence-corrected chi connectivity index (χ2v) is 6.74. The number of benzene rings is 2. The number of carbonyl (C=O) groups is 2. The summed E-state index contributed by atoms with van der Waals surface area (Å²) in [6.45, 7) is 5.15. The van der Waals surface area contributed by atoms with E-state index in [1.165, 1.54) is 31.2 Å². The lowest BCUT2D eigenvalue weighted by molar-refractivity contribution is 0.0319. The molecule has 1 heterocycles. The molecule has 0 N–H and O–H groups in total. The Labute approximate surface area is 166 Å². The molecule has 0 aliphatic heterocycles. The lowest BCUT2D eigenvalue weighted by Crippen LogP contribution is -2.24. The summed E-state index contributed by atoms with van der Waals surface area (Å²) in [7, 11) is 0. The van der Waals surface area contributed by atoms with Gasteiger partial charge in [0.1, 0.15) is 5.82 Å². The van der Waals surface area contributed by atoms with Gasteiger partial charge in [-0.3, -0.25) is 4.79 Å². The third kappa shape index (κ3) is 3.97. The molecule has 1 atom stereocenters. The van der Waals surface area contributed by atoms with E-state index in [-0.39, 0.29) is 5.56 Å². The topological polar surface area (TPSA) is 61.2 Å². The van der Waals surface area contributed by atoms with E-state index in [9.17, 15) is 14.0 Å². The van der Waals surface area contributed by atoms with Crippen molar-refractivity contribution in [1.29, 1.82) is 0 Å². The molecule has 5 nitrogen and oxygen atoms in total. The number of hydrogen-bond donors (Lipinski definition) is 0. The summed E-state index contributed by atoms with van der Waals surface area (Å²) in [4.78, 5) is 24.6. The molecule has 7 heteroatoms. The van der Waals surface area contributed by atoms with Crippen LogP contribution in [0.1, 0.15) is 39.0 Å². The van der Waals surface area contributed by atoms with Gasteiger partial charge in [-0.25, -0.2) is 13.9 Å². The maximum absolute atomic E-state index is 13.0. The quantitative estimate of drug-likeness (QED) is 0.459.